The maximum Gasteiger partial charge on any atom is 0.105 e. The van der Waals surface area contributed by atoms with Crippen LogP contribution in [0, 0.1) is 41.4 Å². The van der Waals surface area contributed by atoms with Gasteiger partial charge in [0.2, 0.25) is 0 Å². The highest BCUT2D eigenvalue weighted by atomic mass is 35.5. The van der Waals surface area contributed by atoms with E-state index in [-0.39, 0.29) is 12.4 Å². The van der Waals surface area contributed by atoms with Crippen molar-refractivity contribution in [2.24, 2.45) is 41.4 Å². The predicted molar refractivity (Wildman–Crippen MR) is 30.0 cm³/mol. The van der Waals surface area contributed by atoms with Crippen molar-refractivity contribution in [2.75, 3.05) is 0 Å². The van der Waals surface area contributed by atoms with E-state index in [4.69, 9.17) is 0 Å². The maximum absolute atomic E-state index is 4.37. The van der Waals surface area contributed by atoms with Crippen LogP contribution in [0.1, 0.15) is 0 Å². The molecule has 0 aromatic heterocycles. The summed E-state index contributed by atoms with van der Waals surface area (Å²) < 4.78 is 0. The van der Waals surface area contributed by atoms with Crippen LogP contribution in [0.25, 0.3) is 0 Å². The third-order valence-corrected chi connectivity index (χ3v) is 5.68. The Morgan fingerprint density at radius 2 is 1.20 bits per heavy atom. The second-order valence-corrected chi connectivity index (χ2v) is 5.00. The lowest BCUT2D eigenvalue weighted by atomic mass is 8.99. The zero-order valence-electron chi connectivity index (χ0n) is 5.63. The van der Waals surface area contributed by atoms with Crippen molar-refractivity contribution in [1.82, 2.24) is 0 Å². The SMILES string of the molecule is [Cl-].[NH3+]C12C3C4C5C3C1C5C42. The molecule has 0 unspecified atom stereocenters. The lowest BCUT2D eigenvalue weighted by Crippen LogP contribution is -3.18. The van der Waals surface area contributed by atoms with Crippen molar-refractivity contribution in [3.8, 4) is 0 Å². The van der Waals surface area contributed by atoms with Crippen LogP contribution < -0.4 is 18.1 Å². The van der Waals surface area contributed by atoms with E-state index in [1.165, 1.54) is 41.4 Å². The first-order valence-electron chi connectivity index (χ1n) is 4.22. The molecule has 0 bridgehead atoms. The average Bonchev–Trinajstić information content (AvgIpc) is 1.88. The Labute approximate surface area is 65.8 Å². The molecule has 6 saturated carbocycles. The zero-order valence-corrected chi connectivity index (χ0v) is 6.38. The van der Waals surface area contributed by atoms with E-state index in [1.54, 1.807) is 0 Å². The molecule has 2 heteroatoms. The van der Waals surface area contributed by atoms with E-state index in [1.807, 2.05) is 0 Å². The zero-order chi connectivity index (χ0) is 5.54. The van der Waals surface area contributed by atoms with E-state index in [0.717, 1.165) is 5.54 Å². The Bertz CT molecular complexity index is 211. The molecular weight excluding hydrogens is 146 g/mol. The molecule has 0 radical (unpaired) electrons. The van der Waals surface area contributed by atoms with Gasteiger partial charge in [0.05, 0.1) is 0 Å². The van der Waals surface area contributed by atoms with E-state index in [0.29, 0.717) is 0 Å². The van der Waals surface area contributed by atoms with Gasteiger partial charge in [-0.2, -0.15) is 0 Å². The number of halogens is 1. The average molecular weight is 156 g/mol. The molecule has 0 atom stereocenters. The van der Waals surface area contributed by atoms with Gasteiger partial charge in [-0.05, 0) is 23.7 Å². The van der Waals surface area contributed by atoms with Crippen LogP contribution in [-0.2, 0) is 0 Å². The van der Waals surface area contributed by atoms with Crippen molar-refractivity contribution in [1.29, 1.82) is 0 Å². The number of hydrogen-bond donors (Lipinski definition) is 1. The fraction of sp³-hybridized carbons (Fsp3) is 1.00. The predicted octanol–water partition coefficient (Wildman–Crippen LogP) is -3.65. The fourth-order valence-corrected chi connectivity index (χ4v) is 5.67. The molecule has 6 rings (SSSR count). The molecule has 0 amide bonds. The number of hydrogen-bond acceptors (Lipinski definition) is 0. The molecule has 0 aliphatic heterocycles. The van der Waals surface area contributed by atoms with Gasteiger partial charge in [0.15, 0.2) is 0 Å². The highest BCUT2D eigenvalue weighted by Crippen LogP contribution is 3.00. The quantitative estimate of drug-likeness (QED) is 0.374. The van der Waals surface area contributed by atoms with Crippen molar-refractivity contribution >= 4 is 0 Å². The van der Waals surface area contributed by atoms with Crippen molar-refractivity contribution < 1.29 is 18.1 Å². The van der Waals surface area contributed by atoms with Crippen LogP contribution in [0.2, 0.25) is 0 Å². The Morgan fingerprint density at radius 1 is 0.800 bits per heavy atom. The molecule has 6 fully saturated rings. The van der Waals surface area contributed by atoms with Gasteiger partial charge in [-0.25, -0.2) is 0 Å². The summed E-state index contributed by atoms with van der Waals surface area (Å²) in [5.74, 6) is 8.49. The van der Waals surface area contributed by atoms with Gasteiger partial charge >= 0.3 is 0 Å². The fourth-order valence-electron chi connectivity index (χ4n) is 5.67. The standard InChI is InChI=1S/C8H9N.ClH/c9-8-5-2-1-3(5)7(8)4(1)6(2)8;/h1-7H,9H2;1H. The number of quaternary nitrogens is 1. The van der Waals surface area contributed by atoms with Crippen molar-refractivity contribution in [2.45, 2.75) is 5.54 Å². The van der Waals surface area contributed by atoms with Crippen LogP contribution in [0.4, 0.5) is 0 Å². The molecule has 0 heterocycles. The Kier molecular flexibility index (Phi) is 0.424. The van der Waals surface area contributed by atoms with Gasteiger partial charge in [-0.1, -0.05) is 0 Å². The van der Waals surface area contributed by atoms with Crippen LogP contribution in [0.5, 0.6) is 0 Å². The Hall–Kier alpha value is 0.250. The third kappa shape index (κ3) is 0.147. The lowest BCUT2D eigenvalue weighted by Gasteiger charge is -3.04. The van der Waals surface area contributed by atoms with E-state index in [9.17, 15) is 0 Å². The van der Waals surface area contributed by atoms with Gasteiger partial charge in [-0.3, -0.25) is 0 Å². The van der Waals surface area contributed by atoms with E-state index in [2.05, 4.69) is 5.73 Å². The minimum Gasteiger partial charge on any atom is -1.00 e. The molecule has 3 N–H and O–H groups in total. The van der Waals surface area contributed by atoms with Gasteiger partial charge in [-0.15, -0.1) is 0 Å². The Morgan fingerprint density at radius 3 is 1.40 bits per heavy atom. The van der Waals surface area contributed by atoms with Crippen molar-refractivity contribution in [3.05, 3.63) is 0 Å². The summed E-state index contributed by atoms with van der Waals surface area (Å²) in [5, 5.41) is 0. The van der Waals surface area contributed by atoms with Crippen LogP contribution in [0.15, 0.2) is 0 Å². The smallest absolute Gasteiger partial charge is 0.105 e. The summed E-state index contributed by atoms with van der Waals surface area (Å²) in [6.45, 7) is 0. The highest BCUT2D eigenvalue weighted by molar-refractivity contribution is 5.51. The molecule has 54 valence electrons. The summed E-state index contributed by atoms with van der Waals surface area (Å²) in [4.78, 5) is 0. The molecule has 0 aromatic rings. The topological polar surface area (TPSA) is 27.6 Å². The third-order valence-electron chi connectivity index (χ3n) is 5.68. The molecule has 0 aromatic carbocycles. The van der Waals surface area contributed by atoms with Gasteiger partial charge < -0.3 is 18.1 Å². The largest absolute Gasteiger partial charge is 1.00 e. The first kappa shape index (κ1) is 5.00. The summed E-state index contributed by atoms with van der Waals surface area (Å²) in [6, 6.07) is 0. The summed E-state index contributed by atoms with van der Waals surface area (Å²) >= 11 is 0. The van der Waals surface area contributed by atoms with Crippen LogP contribution in [-0.4, -0.2) is 5.54 Å². The summed E-state index contributed by atoms with van der Waals surface area (Å²) in [7, 11) is 0. The highest BCUT2D eigenvalue weighted by Gasteiger charge is 3.06. The molecule has 6 aliphatic carbocycles. The number of rotatable bonds is 0. The monoisotopic (exact) mass is 155 g/mol. The van der Waals surface area contributed by atoms with Gasteiger partial charge in [0.1, 0.15) is 5.54 Å². The second kappa shape index (κ2) is 0.848. The normalized spacial score (nSPS) is 95.1. The molecule has 10 heavy (non-hydrogen) atoms. The maximum atomic E-state index is 4.37. The van der Waals surface area contributed by atoms with E-state index >= 15 is 0 Å². The first-order valence-corrected chi connectivity index (χ1v) is 4.22. The molecule has 0 saturated heterocycles. The Balaban J connectivity index is 0.000000338. The minimum absolute atomic E-state index is 0. The first-order chi connectivity index (χ1) is 4.37. The molecule has 1 nitrogen and oxygen atoms in total. The van der Waals surface area contributed by atoms with Gasteiger partial charge in [0.25, 0.3) is 0 Å². The molecule has 0 spiro atoms. The van der Waals surface area contributed by atoms with E-state index < -0.39 is 0 Å². The summed E-state index contributed by atoms with van der Waals surface area (Å²) in [5.41, 5.74) is 5.09. The lowest BCUT2D eigenvalue weighted by molar-refractivity contribution is -0.748. The van der Waals surface area contributed by atoms with Gasteiger partial charge in [0, 0.05) is 17.8 Å². The molecular formula is C8H10ClN. The summed E-state index contributed by atoms with van der Waals surface area (Å²) in [6.07, 6.45) is 0. The minimum atomic E-state index is 0. The molecule has 6 aliphatic rings. The second-order valence-electron chi connectivity index (χ2n) is 5.00. The van der Waals surface area contributed by atoms with Crippen molar-refractivity contribution in [3.63, 3.8) is 0 Å². The van der Waals surface area contributed by atoms with Crippen LogP contribution in [0.3, 0.4) is 0 Å². The van der Waals surface area contributed by atoms with Crippen LogP contribution >= 0.6 is 0 Å².